The Kier molecular flexibility index (Phi) is 3.87. The number of H-pyrrole nitrogens is 1. The molecule has 0 aliphatic carbocycles. The third kappa shape index (κ3) is 2.77. The van der Waals surface area contributed by atoms with Gasteiger partial charge in [-0.2, -0.15) is 0 Å². The number of amides is 1. The molecule has 3 nitrogen and oxygen atoms in total. The van der Waals surface area contributed by atoms with Crippen LogP contribution in [-0.2, 0) is 0 Å². The molecule has 2 aromatic heterocycles. The van der Waals surface area contributed by atoms with Crippen molar-refractivity contribution in [3.8, 4) is 0 Å². The second-order valence-electron chi connectivity index (χ2n) is 5.98. The van der Waals surface area contributed by atoms with Crippen LogP contribution in [0.3, 0.4) is 0 Å². The zero-order chi connectivity index (χ0) is 15.8. The summed E-state index contributed by atoms with van der Waals surface area (Å²) in [7, 11) is 0. The lowest BCUT2D eigenvalue weighted by atomic mass is 9.89. The van der Waals surface area contributed by atoms with E-state index in [1.807, 2.05) is 40.6 Å². The highest BCUT2D eigenvalue weighted by atomic mass is 35.5. The minimum Gasteiger partial charge on any atom is -0.361 e. The lowest BCUT2D eigenvalue weighted by Crippen LogP contribution is -2.37. The number of hydrogen-bond donors (Lipinski definition) is 1. The van der Waals surface area contributed by atoms with E-state index in [1.165, 1.54) is 22.3 Å². The predicted molar refractivity (Wildman–Crippen MR) is 95.5 cm³/mol. The molecule has 1 fully saturated rings. The number of thiophene rings is 1. The van der Waals surface area contributed by atoms with Crippen LogP contribution in [-0.4, -0.2) is 28.9 Å². The number of nitrogens with one attached hydrogen (secondary N) is 1. The van der Waals surface area contributed by atoms with Gasteiger partial charge in [0.2, 0.25) is 0 Å². The number of aromatic amines is 1. The summed E-state index contributed by atoms with van der Waals surface area (Å²) in [6.07, 6.45) is 4.09. The van der Waals surface area contributed by atoms with Gasteiger partial charge in [-0.3, -0.25) is 4.79 Å². The Morgan fingerprint density at radius 2 is 2.09 bits per heavy atom. The summed E-state index contributed by atoms with van der Waals surface area (Å²) in [6.45, 7) is 1.63. The van der Waals surface area contributed by atoms with Crippen LogP contribution in [0.1, 0.15) is 34.0 Å². The second-order valence-corrected chi connectivity index (χ2v) is 7.36. The van der Waals surface area contributed by atoms with Crippen LogP contribution < -0.4 is 0 Å². The van der Waals surface area contributed by atoms with E-state index in [4.69, 9.17) is 11.6 Å². The molecule has 0 spiro atoms. The molecule has 1 aromatic carbocycles. The van der Waals surface area contributed by atoms with Gasteiger partial charge in [0.15, 0.2) is 0 Å². The van der Waals surface area contributed by atoms with Gasteiger partial charge in [0.05, 0.1) is 4.88 Å². The third-order valence-electron chi connectivity index (χ3n) is 4.63. The molecule has 1 N–H and O–H groups in total. The first-order valence-corrected chi connectivity index (χ1v) is 9.07. The van der Waals surface area contributed by atoms with Gasteiger partial charge < -0.3 is 9.88 Å². The fraction of sp³-hybridized carbons (Fsp3) is 0.278. The van der Waals surface area contributed by atoms with Crippen LogP contribution in [0.15, 0.2) is 41.9 Å². The van der Waals surface area contributed by atoms with Crippen LogP contribution in [0.4, 0.5) is 0 Å². The van der Waals surface area contributed by atoms with Crippen LogP contribution in [0, 0.1) is 0 Å². The van der Waals surface area contributed by atoms with Crippen molar-refractivity contribution in [2.45, 2.75) is 18.8 Å². The van der Waals surface area contributed by atoms with Gasteiger partial charge in [0, 0.05) is 35.2 Å². The number of halogens is 1. The minimum atomic E-state index is 0.167. The largest absolute Gasteiger partial charge is 0.361 e. The Hall–Kier alpha value is -1.78. The van der Waals surface area contributed by atoms with Crippen molar-refractivity contribution in [1.82, 2.24) is 9.88 Å². The second kappa shape index (κ2) is 6.02. The van der Waals surface area contributed by atoms with E-state index in [0.717, 1.165) is 41.3 Å². The first kappa shape index (κ1) is 14.8. The highest BCUT2D eigenvalue weighted by Gasteiger charge is 2.26. The van der Waals surface area contributed by atoms with E-state index in [1.54, 1.807) is 0 Å². The molecule has 1 amide bonds. The number of carbonyl (C=O) groups is 1. The molecule has 23 heavy (non-hydrogen) atoms. The molecule has 4 rings (SSSR count). The summed E-state index contributed by atoms with van der Waals surface area (Å²) in [5.74, 6) is 0.648. The number of carbonyl (C=O) groups excluding carboxylic acids is 1. The SMILES string of the molecule is O=C(c1cccs1)N1CCC(c2c[nH]c3ccc(Cl)cc23)CC1. The van der Waals surface area contributed by atoms with E-state index < -0.39 is 0 Å². The van der Waals surface area contributed by atoms with Crippen molar-refractivity contribution >= 4 is 39.7 Å². The van der Waals surface area contributed by atoms with Crippen molar-refractivity contribution in [2.24, 2.45) is 0 Å². The van der Waals surface area contributed by atoms with Crippen molar-refractivity contribution in [1.29, 1.82) is 0 Å². The predicted octanol–water partition coefficient (Wildman–Crippen LogP) is 4.90. The first-order chi connectivity index (χ1) is 11.2. The molecule has 3 aromatic rings. The zero-order valence-corrected chi connectivity index (χ0v) is 14.2. The quantitative estimate of drug-likeness (QED) is 0.705. The van der Waals surface area contributed by atoms with Crippen LogP contribution in [0.2, 0.25) is 5.02 Å². The topological polar surface area (TPSA) is 36.1 Å². The van der Waals surface area contributed by atoms with Gasteiger partial charge in [0.1, 0.15) is 0 Å². The van der Waals surface area contributed by atoms with Crippen molar-refractivity contribution < 1.29 is 4.79 Å². The standard InChI is InChI=1S/C18H17ClN2OS/c19-13-3-4-16-14(10-13)15(11-20-16)12-5-7-21(8-6-12)18(22)17-2-1-9-23-17/h1-4,9-12,20H,5-8H2. The smallest absolute Gasteiger partial charge is 0.263 e. The van der Waals surface area contributed by atoms with Crippen molar-refractivity contribution in [2.75, 3.05) is 13.1 Å². The average molecular weight is 345 g/mol. The van der Waals surface area contributed by atoms with E-state index in [2.05, 4.69) is 11.2 Å². The highest BCUT2D eigenvalue weighted by Crippen LogP contribution is 2.34. The zero-order valence-electron chi connectivity index (χ0n) is 12.6. The molecule has 0 atom stereocenters. The molecular weight excluding hydrogens is 328 g/mol. The maximum Gasteiger partial charge on any atom is 0.263 e. The Morgan fingerprint density at radius 1 is 1.26 bits per heavy atom. The van der Waals surface area contributed by atoms with Crippen molar-refractivity contribution in [3.63, 3.8) is 0 Å². The number of hydrogen-bond acceptors (Lipinski definition) is 2. The summed E-state index contributed by atoms with van der Waals surface area (Å²) in [5, 5.41) is 3.93. The number of fused-ring (bicyclic) bond motifs is 1. The Balaban J connectivity index is 1.51. The Bertz CT molecular complexity index is 832. The third-order valence-corrected chi connectivity index (χ3v) is 5.72. The number of likely N-dealkylation sites (tertiary alicyclic amines) is 1. The van der Waals surface area contributed by atoms with Crippen LogP contribution in [0.5, 0.6) is 0 Å². The fourth-order valence-electron chi connectivity index (χ4n) is 3.40. The number of piperidine rings is 1. The molecule has 0 bridgehead atoms. The maximum atomic E-state index is 12.4. The summed E-state index contributed by atoms with van der Waals surface area (Å²) in [4.78, 5) is 18.6. The van der Waals surface area contributed by atoms with Gasteiger partial charge in [-0.05, 0) is 54.0 Å². The molecule has 118 valence electrons. The van der Waals surface area contributed by atoms with E-state index in [-0.39, 0.29) is 5.91 Å². The number of rotatable bonds is 2. The molecule has 5 heteroatoms. The first-order valence-electron chi connectivity index (χ1n) is 7.81. The molecule has 1 saturated heterocycles. The number of nitrogens with zero attached hydrogens (tertiary/aromatic N) is 1. The van der Waals surface area contributed by atoms with Gasteiger partial charge in [-0.1, -0.05) is 17.7 Å². The fourth-order valence-corrected chi connectivity index (χ4v) is 4.26. The summed E-state index contributed by atoms with van der Waals surface area (Å²) < 4.78 is 0. The van der Waals surface area contributed by atoms with Gasteiger partial charge >= 0.3 is 0 Å². The molecule has 3 heterocycles. The summed E-state index contributed by atoms with van der Waals surface area (Å²) in [5.41, 5.74) is 2.45. The number of aromatic nitrogens is 1. The van der Waals surface area contributed by atoms with Crippen LogP contribution in [0.25, 0.3) is 10.9 Å². The van der Waals surface area contributed by atoms with Crippen LogP contribution >= 0.6 is 22.9 Å². The van der Waals surface area contributed by atoms with Crippen molar-refractivity contribution in [3.05, 3.63) is 57.4 Å². The molecule has 1 aliphatic heterocycles. The Morgan fingerprint density at radius 3 is 2.83 bits per heavy atom. The molecule has 1 aliphatic rings. The summed E-state index contributed by atoms with van der Waals surface area (Å²) in [6, 6.07) is 9.80. The lowest BCUT2D eigenvalue weighted by molar-refractivity contribution is 0.0718. The van der Waals surface area contributed by atoms with E-state index in [9.17, 15) is 4.79 Å². The van der Waals surface area contributed by atoms with E-state index in [0.29, 0.717) is 5.92 Å². The molecule has 0 saturated carbocycles. The average Bonchev–Trinajstić information content (AvgIpc) is 3.24. The summed E-state index contributed by atoms with van der Waals surface area (Å²) >= 11 is 7.66. The maximum absolute atomic E-state index is 12.4. The molecular formula is C18H17ClN2OS. The molecule has 0 radical (unpaired) electrons. The highest BCUT2D eigenvalue weighted by molar-refractivity contribution is 7.12. The molecule has 0 unspecified atom stereocenters. The van der Waals surface area contributed by atoms with Gasteiger partial charge in [-0.15, -0.1) is 11.3 Å². The van der Waals surface area contributed by atoms with Gasteiger partial charge in [0.25, 0.3) is 5.91 Å². The lowest BCUT2D eigenvalue weighted by Gasteiger charge is -2.31. The number of benzene rings is 1. The van der Waals surface area contributed by atoms with Gasteiger partial charge in [-0.25, -0.2) is 0 Å². The Labute approximate surface area is 143 Å². The normalized spacial score (nSPS) is 16.1. The van der Waals surface area contributed by atoms with E-state index >= 15 is 0 Å². The minimum absolute atomic E-state index is 0.167. The monoisotopic (exact) mass is 344 g/mol.